The fourth-order valence-corrected chi connectivity index (χ4v) is 1.98. The molecule has 0 aromatic heterocycles. The van der Waals surface area contributed by atoms with Gasteiger partial charge < -0.3 is 15.9 Å². The first kappa shape index (κ1) is 11.7. The monoisotopic (exact) mass is 325 g/mol. The number of aliphatic hydroxyl groups excluding tert-OH is 1. The van der Waals surface area contributed by atoms with Crippen molar-refractivity contribution in [1.29, 1.82) is 0 Å². The van der Waals surface area contributed by atoms with Gasteiger partial charge in [-0.2, -0.15) is 0 Å². The molecule has 1 rings (SSSR count). The summed E-state index contributed by atoms with van der Waals surface area (Å²) in [7, 11) is 0. The molecule has 4 nitrogen and oxygen atoms in total. The van der Waals surface area contributed by atoms with E-state index in [1.54, 1.807) is 6.92 Å². The number of aliphatic hydroxyl groups is 1. The second kappa shape index (κ2) is 3.67. The molecule has 0 fully saturated rings. The predicted molar refractivity (Wildman–Crippen MR) is 59.6 cm³/mol. The van der Waals surface area contributed by atoms with Crippen molar-refractivity contribution in [2.24, 2.45) is 5.73 Å². The molecular weight excluding hydrogens is 318 g/mol. The predicted octanol–water partition coefficient (Wildman–Crippen LogP) is 1.66. The van der Waals surface area contributed by atoms with Gasteiger partial charge in [-0.15, -0.1) is 0 Å². The molecule has 0 radical (unpaired) electrons. The maximum Gasteiger partial charge on any atom is 0.333 e. The minimum atomic E-state index is -1.13. The van der Waals surface area contributed by atoms with Crippen LogP contribution in [-0.2, 0) is 4.79 Å². The highest BCUT2D eigenvalue weighted by Crippen LogP contribution is 2.40. The van der Waals surface area contributed by atoms with Gasteiger partial charge >= 0.3 is 5.97 Å². The van der Waals surface area contributed by atoms with Gasteiger partial charge in [-0.25, -0.2) is 4.79 Å². The Labute approximate surface area is 97.7 Å². The maximum absolute atomic E-state index is 10.8. The van der Waals surface area contributed by atoms with Gasteiger partial charge in [0.05, 0.1) is 20.4 Å². The Morgan fingerprint density at radius 1 is 1.71 bits per heavy atom. The average molecular weight is 327 g/mol. The minimum absolute atomic E-state index is 0.0231. The first-order valence-corrected chi connectivity index (χ1v) is 5.35. The molecule has 1 aliphatic carbocycles. The number of nitrogens with two attached hydrogens (primary N) is 1. The molecule has 4 N–H and O–H groups in total. The molecule has 0 aromatic rings. The largest absolute Gasteiger partial charge is 0.509 e. The SMILES string of the molecule is CC1(Br)C=C(C(=O)O)C(N)C(O)=C1Br. The number of hydrogen-bond acceptors (Lipinski definition) is 3. The van der Waals surface area contributed by atoms with E-state index in [-0.39, 0.29) is 11.3 Å². The summed E-state index contributed by atoms with van der Waals surface area (Å²) in [6.07, 6.45) is 1.46. The molecule has 14 heavy (non-hydrogen) atoms. The number of halogens is 2. The third-order valence-corrected chi connectivity index (χ3v) is 4.34. The molecule has 78 valence electrons. The lowest BCUT2D eigenvalue weighted by Gasteiger charge is -2.28. The summed E-state index contributed by atoms with van der Waals surface area (Å²) >= 11 is 6.43. The first-order chi connectivity index (χ1) is 6.27. The summed E-state index contributed by atoms with van der Waals surface area (Å²) < 4.78 is -0.275. The van der Waals surface area contributed by atoms with E-state index < -0.39 is 16.3 Å². The summed E-state index contributed by atoms with van der Waals surface area (Å²) in [5, 5.41) is 18.4. The van der Waals surface area contributed by atoms with Crippen molar-refractivity contribution < 1.29 is 15.0 Å². The second-order valence-corrected chi connectivity index (χ2v) is 5.60. The summed E-state index contributed by atoms with van der Waals surface area (Å²) in [4.78, 5) is 10.8. The molecule has 0 saturated heterocycles. The van der Waals surface area contributed by atoms with E-state index in [4.69, 9.17) is 10.8 Å². The van der Waals surface area contributed by atoms with Crippen LogP contribution < -0.4 is 5.73 Å². The van der Waals surface area contributed by atoms with E-state index in [2.05, 4.69) is 31.9 Å². The molecule has 0 bridgehead atoms. The molecule has 0 amide bonds. The highest BCUT2D eigenvalue weighted by atomic mass is 79.9. The minimum Gasteiger partial charge on any atom is -0.509 e. The van der Waals surface area contributed by atoms with Crippen LogP contribution in [0.25, 0.3) is 0 Å². The number of rotatable bonds is 1. The zero-order chi connectivity index (χ0) is 11.1. The van der Waals surface area contributed by atoms with Gasteiger partial charge in [0, 0.05) is 0 Å². The fraction of sp³-hybridized carbons (Fsp3) is 0.375. The molecule has 0 spiro atoms. The molecule has 0 aromatic carbocycles. The Morgan fingerprint density at radius 3 is 2.64 bits per heavy atom. The number of aliphatic carboxylic acids is 1. The Kier molecular flexibility index (Phi) is 3.08. The van der Waals surface area contributed by atoms with E-state index in [9.17, 15) is 9.90 Å². The fourth-order valence-electron chi connectivity index (χ4n) is 1.17. The zero-order valence-electron chi connectivity index (χ0n) is 7.29. The number of allylic oxidation sites excluding steroid dienone is 2. The summed E-state index contributed by atoms with van der Waals surface area (Å²) in [5.41, 5.74) is 5.50. The summed E-state index contributed by atoms with van der Waals surface area (Å²) in [6, 6.07) is -0.979. The molecule has 2 unspecified atom stereocenters. The van der Waals surface area contributed by atoms with Crippen molar-refractivity contribution in [3.63, 3.8) is 0 Å². The third-order valence-electron chi connectivity index (χ3n) is 1.96. The van der Waals surface area contributed by atoms with Gasteiger partial charge in [0.2, 0.25) is 0 Å². The highest BCUT2D eigenvalue weighted by molar-refractivity contribution is 9.14. The van der Waals surface area contributed by atoms with E-state index in [1.165, 1.54) is 6.08 Å². The van der Waals surface area contributed by atoms with Crippen LogP contribution in [0, 0.1) is 0 Å². The van der Waals surface area contributed by atoms with Crippen molar-refractivity contribution in [2.45, 2.75) is 17.3 Å². The number of carboxylic acid groups (broad SMARTS) is 1. The molecular formula is C8H9Br2NO3. The third kappa shape index (κ3) is 1.87. The Bertz CT molecular complexity index is 346. The van der Waals surface area contributed by atoms with E-state index in [0.29, 0.717) is 4.48 Å². The van der Waals surface area contributed by atoms with Crippen molar-refractivity contribution in [3.05, 3.63) is 21.9 Å². The van der Waals surface area contributed by atoms with Gasteiger partial charge in [0.25, 0.3) is 0 Å². The number of hydrogen-bond donors (Lipinski definition) is 3. The van der Waals surface area contributed by atoms with E-state index in [1.807, 2.05) is 0 Å². The van der Waals surface area contributed by atoms with Crippen LogP contribution in [0.2, 0.25) is 0 Å². The van der Waals surface area contributed by atoms with E-state index in [0.717, 1.165) is 0 Å². The van der Waals surface area contributed by atoms with Crippen molar-refractivity contribution in [1.82, 2.24) is 0 Å². The Morgan fingerprint density at radius 2 is 2.21 bits per heavy atom. The van der Waals surface area contributed by atoms with Gasteiger partial charge in [-0.1, -0.05) is 37.9 Å². The zero-order valence-corrected chi connectivity index (χ0v) is 10.5. The highest BCUT2D eigenvalue weighted by Gasteiger charge is 2.36. The normalized spacial score (nSPS) is 32.9. The van der Waals surface area contributed by atoms with Crippen LogP contribution in [0.15, 0.2) is 21.9 Å². The average Bonchev–Trinajstić information content (AvgIpc) is 2.08. The smallest absolute Gasteiger partial charge is 0.333 e. The lowest BCUT2D eigenvalue weighted by Crippen LogP contribution is -2.37. The van der Waals surface area contributed by atoms with E-state index >= 15 is 0 Å². The van der Waals surface area contributed by atoms with Gasteiger partial charge in [0.1, 0.15) is 5.76 Å². The molecule has 0 saturated carbocycles. The number of alkyl halides is 1. The first-order valence-electron chi connectivity index (χ1n) is 3.77. The van der Waals surface area contributed by atoms with Crippen LogP contribution in [0.3, 0.4) is 0 Å². The lowest BCUT2D eigenvalue weighted by molar-refractivity contribution is -0.133. The lowest BCUT2D eigenvalue weighted by atomic mass is 9.93. The molecule has 2 atom stereocenters. The van der Waals surface area contributed by atoms with Crippen molar-refractivity contribution in [2.75, 3.05) is 0 Å². The molecule has 0 heterocycles. The quantitative estimate of drug-likeness (QED) is 0.640. The Hall–Kier alpha value is -0.330. The standard InChI is InChI=1S/C8H9Br2NO3/c1-8(10)2-3(7(13)14)4(11)5(12)6(8)9/h2,4,12H,11H2,1H3,(H,13,14). The van der Waals surface area contributed by atoms with Crippen LogP contribution in [-0.4, -0.2) is 26.5 Å². The maximum atomic E-state index is 10.8. The van der Waals surface area contributed by atoms with Crippen LogP contribution >= 0.6 is 31.9 Å². The topological polar surface area (TPSA) is 83.5 Å². The molecule has 0 aliphatic heterocycles. The molecule has 1 aliphatic rings. The van der Waals surface area contributed by atoms with Crippen LogP contribution in [0.4, 0.5) is 0 Å². The number of carboxylic acids is 1. The van der Waals surface area contributed by atoms with Crippen LogP contribution in [0.1, 0.15) is 6.92 Å². The van der Waals surface area contributed by atoms with Crippen LogP contribution in [0.5, 0.6) is 0 Å². The number of carbonyl (C=O) groups is 1. The van der Waals surface area contributed by atoms with Crippen molar-refractivity contribution in [3.8, 4) is 0 Å². The van der Waals surface area contributed by atoms with Crippen molar-refractivity contribution >= 4 is 37.8 Å². The van der Waals surface area contributed by atoms with Gasteiger partial charge in [0.15, 0.2) is 0 Å². The summed E-state index contributed by atoms with van der Waals surface area (Å²) in [6.45, 7) is 1.71. The van der Waals surface area contributed by atoms with Gasteiger partial charge in [-0.05, 0) is 6.92 Å². The van der Waals surface area contributed by atoms with Gasteiger partial charge in [-0.3, -0.25) is 0 Å². The second-order valence-electron chi connectivity index (χ2n) is 3.16. The summed E-state index contributed by atoms with van der Waals surface area (Å²) in [5.74, 6) is -1.29. The Balaban J connectivity index is 3.24. The molecule has 6 heteroatoms.